The van der Waals surface area contributed by atoms with Gasteiger partial charge in [-0.05, 0) is 36.5 Å². The summed E-state index contributed by atoms with van der Waals surface area (Å²) in [5.74, 6) is -0.473. The number of carbonyl (C=O) groups excluding carboxylic acids is 1. The van der Waals surface area contributed by atoms with Crippen LogP contribution in [-0.4, -0.2) is 29.9 Å². The summed E-state index contributed by atoms with van der Waals surface area (Å²) in [6.45, 7) is 7.21. The first-order valence-corrected chi connectivity index (χ1v) is 6.62. The van der Waals surface area contributed by atoms with Crippen LogP contribution in [-0.2, 0) is 0 Å². The van der Waals surface area contributed by atoms with E-state index in [2.05, 4.69) is 13.8 Å². The van der Waals surface area contributed by atoms with Crippen molar-refractivity contribution in [3.63, 3.8) is 0 Å². The average Bonchev–Trinajstić information content (AvgIpc) is 2.35. The maximum atomic E-state index is 13.3. The maximum Gasteiger partial charge on any atom is 0.254 e. The highest BCUT2D eigenvalue weighted by atomic mass is 35.5. The Hall–Kier alpha value is -1.13. The number of carbonyl (C=O) groups is 1. The zero-order chi connectivity index (χ0) is 14.2. The number of nitrogens with two attached hydrogens (primary N) is 1. The van der Waals surface area contributed by atoms with Crippen molar-refractivity contribution < 1.29 is 9.18 Å². The zero-order valence-corrected chi connectivity index (χ0v) is 13.0. The standard InChI is InChI=1S/C15H21FN2O.ClH/c1-10-4-5-11(16)8-12(10)14(19)18-7-6-13(17)15(2,3)9-18;/h4-5,8,13H,6-7,9,17H2,1-3H3;1H. The number of piperidine rings is 1. The van der Waals surface area contributed by atoms with Gasteiger partial charge in [-0.15, -0.1) is 12.4 Å². The number of nitrogens with zero attached hydrogens (tertiary/aromatic N) is 1. The molecule has 1 aliphatic rings. The third-order valence-corrected chi connectivity index (χ3v) is 4.03. The minimum absolute atomic E-state index is 0. The van der Waals surface area contributed by atoms with E-state index < -0.39 is 0 Å². The molecule has 0 bridgehead atoms. The number of rotatable bonds is 1. The number of hydrogen-bond donors (Lipinski definition) is 1. The van der Waals surface area contributed by atoms with Gasteiger partial charge in [0.05, 0.1) is 0 Å². The van der Waals surface area contributed by atoms with E-state index in [-0.39, 0.29) is 35.6 Å². The highest BCUT2D eigenvalue weighted by Crippen LogP contribution is 2.29. The summed E-state index contributed by atoms with van der Waals surface area (Å²) < 4.78 is 13.3. The van der Waals surface area contributed by atoms with E-state index in [9.17, 15) is 9.18 Å². The molecule has 1 aromatic carbocycles. The van der Waals surface area contributed by atoms with E-state index in [0.29, 0.717) is 18.7 Å². The second kappa shape index (κ2) is 6.10. The number of aryl methyl sites for hydroxylation is 1. The molecule has 1 fully saturated rings. The highest BCUT2D eigenvalue weighted by molar-refractivity contribution is 5.95. The summed E-state index contributed by atoms with van der Waals surface area (Å²) in [5.41, 5.74) is 7.22. The predicted molar refractivity (Wildman–Crippen MR) is 80.7 cm³/mol. The van der Waals surface area contributed by atoms with E-state index in [4.69, 9.17) is 5.73 Å². The van der Waals surface area contributed by atoms with Crippen molar-refractivity contribution in [1.82, 2.24) is 4.90 Å². The normalized spacial score (nSPS) is 21.2. The average molecular weight is 301 g/mol. The van der Waals surface area contributed by atoms with Crippen molar-refractivity contribution in [2.75, 3.05) is 13.1 Å². The fraction of sp³-hybridized carbons (Fsp3) is 0.533. The fourth-order valence-corrected chi connectivity index (χ4v) is 2.54. The van der Waals surface area contributed by atoms with Crippen molar-refractivity contribution in [1.29, 1.82) is 0 Å². The Bertz CT molecular complexity index is 505. The van der Waals surface area contributed by atoms with Gasteiger partial charge in [-0.2, -0.15) is 0 Å². The number of amides is 1. The number of hydrogen-bond acceptors (Lipinski definition) is 2. The van der Waals surface area contributed by atoms with Gasteiger partial charge >= 0.3 is 0 Å². The Balaban J connectivity index is 0.00000200. The van der Waals surface area contributed by atoms with Crippen LogP contribution in [0.25, 0.3) is 0 Å². The molecule has 1 atom stereocenters. The van der Waals surface area contributed by atoms with Gasteiger partial charge in [-0.1, -0.05) is 19.9 Å². The molecular weight excluding hydrogens is 279 g/mol. The third kappa shape index (κ3) is 3.30. The largest absolute Gasteiger partial charge is 0.338 e. The van der Waals surface area contributed by atoms with Gasteiger partial charge < -0.3 is 10.6 Å². The molecule has 5 heteroatoms. The first-order chi connectivity index (χ1) is 8.81. The van der Waals surface area contributed by atoms with Crippen LogP contribution in [0.2, 0.25) is 0 Å². The quantitative estimate of drug-likeness (QED) is 0.867. The molecule has 1 aliphatic heterocycles. The Morgan fingerprint density at radius 1 is 1.45 bits per heavy atom. The minimum atomic E-state index is -0.373. The van der Waals surface area contributed by atoms with Gasteiger partial charge in [0.1, 0.15) is 5.82 Å². The highest BCUT2D eigenvalue weighted by Gasteiger charge is 2.35. The summed E-state index contributed by atoms with van der Waals surface area (Å²) in [5, 5.41) is 0. The molecule has 0 aromatic heterocycles. The van der Waals surface area contributed by atoms with E-state index in [1.165, 1.54) is 12.1 Å². The summed E-state index contributed by atoms with van der Waals surface area (Å²) in [6.07, 6.45) is 0.785. The van der Waals surface area contributed by atoms with Crippen LogP contribution in [0.5, 0.6) is 0 Å². The molecule has 1 aromatic rings. The number of halogens is 2. The fourth-order valence-electron chi connectivity index (χ4n) is 2.54. The van der Waals surface area contributed by atoms with Crippen LogP contribution in [0.15, 0.2) is 18.2 Å². The third-order valence-electron chi connectivity index (χ3n) is 4.03. The van der Waals surface area contributed by atoms with E-state index in [1.54, 1.807) is 11.0 Å². The van der Waals surface area contributed by atoms with E-state index >= 15 is 0 Å². The summed E-state index contributed by atoms with van der Waals surface area (Å²) in [7, 11) is 0. The SMILES string of the molecule is Cc1ccc(F)cc1C(=O)N1CCC(N)C(C)(C)C1.Cl. The molecule has 3 nitrogen and oxygen atoms in total. The molecule has 0 radical (unpaired) electrons. The molecule has 2 N–H and O–H groups in total. The van der Waals surface area contributed by atoms with Crippen LogP contribution in [0.4, 0.5) is 4.39 Å². The molecule has 1 saturated heterocycles. The van der Waals surface area contributed by atoms with Gasteiger partial charge in [0.15, 0.2) is 0 Å². The Morgan fingerprint density at radius 3 is 2.70 bits per heavy atom. The molecule has 1 amide bonds. The van der Waals surface area contributed by atoms with Gasteiger partial charge in [0, 0.05) is 24.7 Å². The lowest BCUT2D eigenvalue weighted by Crippen LogP contribution is -2.54. The Morgan fingerprint density at radius 2 is 2.10 bits per heavy atom. The molecule has 1 heterocycles. The molecule has 20 heavy (non-hydrogen) atoms. The van der Waals surface area contributed by atoms with E-state index in [1.807, 2.05) is 6.92 Å². The second-order valence-corrected chi connectivity index (χ2v) is 6.07. The van der Waals surface area contributed by atoms with Crippen LogP contribution in [0.3, 0.4) is 0 Å². The first kappa shape index (κ1) is 16.9. The smallest absolute Gasteiger partial charge is 0.254 e. The molecule has 0 aliphatic carbocycles. The molecule has 0 spiro atoms. The van der Waals surface area contributed by atoms with Crippen molar-refractivity contribution in [3.8, 4) is 0 Å². The Labute approximate surface area is 125 Å². The summed E-state index contributed by atoms with van der Waals surface area (Å²) in [4.78, 5) is 14.3. The van der Waals surface area contributed by atoms with Crippen molar-refractivity contribution in [2.24, 2.45) is 11.1 Å². The molecule has 1 unspecified atom stereocenters. The minimum Gasteiger partial charge on any atom is -0.338 e. The molecule has 112 valence electrons. The van der Waals surface area contributed by atoms with Gasteiger partial charge in [-0.25, -0.2) is 4.39 Å². The molecular formula is C15H22ClFN2O. The lowest BCUT2D eigenvalue weighted by atomic mass is 9.79. The topological polar surface area (TPSA) is 46.3 Å². The number of benzene rings is 1. The second-order valence-electron chi connectivity index (χ2n) is 6.07. The van der Waals surface area contributed by atoms with Crippen molar-refractivity contribution in [3.05, 3.63) is 35.1 Å². The van der Waals surface area contributed by atoms with Gasteiger partial charge in [-0.3, -0.25) is 4.79 Å². The van der Waals surface area contributed by atoms with E-state index in [0.717, 1.165) is 12.0 Å². The zero-order valence-electron chi connectivity index (χ0n) is 12.1. The van der Waals surface area contributed by atoms with Gasteiger partial charge in [0.2, 0.25) is 0 Å². The molecule has 0 saturated carbocycles. The summed E-state index contributed by atoms with van der Waals surface area (Å²) in [6, 6.07) is 4.44. The lowest BCUT2D eigenvalue weighted by molar-refractivity contribution is 0.0532. The predicted octanol–water partition coefficient (Wildman–Crippen LogP) is 2.76. The van der Waals surface area contributed by atoms with Crippen LogP contribution >= 0.6 is 12.4 Å². The van der Waals surface area contributed by atoms with Gasteiger partial charge in [0.25, 0.3) is 5.91 Å². The van der Waals surface area contributed by atoms with Crippen molar-refractivity contribution >= 4 is 18.3 Å². The maximum absolute atomic E-state index is 13.3. The van der Waals surface area contributed by atoms with Crippen molar-refractivity contribution in [2.45, 2.75) is 33.2 Å². The van der Waals surface area contributed by atoms with Crippen LogP contribution in [0, 0.1) is 18.2 Å². The van der Waals surface area contributed by atoms with Crippen LogP contribution < -0.4 is 5.73 Å². The monoisotopic (exact) mass is 300 g/mol. The first-order valence-electron chi connectivity index (χ1n) is 6.62. The Kier molecular flexibility index (Phi) is 5.16. The molecule has 2 rings (SSSR count). The summed E-state index contributed by atoms with van der Waals surface area (Å²) >= 11 is 0. The lowest BCUT2D eigenvalue weighted by Gasteiger charge is -2.42. The number of likely N-dealkylation sites (tertiary alicyclic amines) is 1. The van der Waals surface area contributed by atoms with Crippen LogP contribution in [0.1, 0.15) is 36.2 Å².